The summed E-state index contributed by atoms with van der Waals surface area (Å²) in [4.78, 5) is 15.0. The molecule has 0 radical (unpaired) electrons. The first kappa shape index (κ1) is 23.5. The van der Waals surface area contributed by atoms with Crippen LogP contribution >= 0.6 is 11.6 Å². The monoisotopic (exact) mass is 449 g/mol. The maximum atomic E-state index is 12.8. The molecule has 1 saturated carbocycles. The van der Waals surface area contributed by atoms with Crippen LogP contribution in [0, 0.1) is 5.41 Å². The molecule has 3 rings (SSSR count). The molecule has 0 bridgehead atoms. The Morgan fingerprint density at radius 2 is 1.90 bits per heavy atom. The molecule has 1 aromatic carbocycles. The van der Waals surface area contributed by atoms with Crippen LogP contribution in [0.25, 0.3) is 0 Å². The van der Waals surface area contributed by atoms with Gasteiger partial charge in [-0.2, -0.15) is 0 Å². The topological polar surface area (TPSA) is 104 Å². The second-order valence-corrected chi connectivity index (χ2v) is 8.43. The van der Waals surface area contributed by atoms with Gasteiger partial charge >= 0.3 is 0 Å². The SMILES string of the molecule is CN(CCC1OCCO1)Cc1ccc(C(=O)NN(/C(N)=C(\Cl)C=N)C2CCCC2)cc1. The zero-order valence-corrected chi connectivity index (χ0v) is 18.7. The number of allylic oxidation sites excluding steroid dienone is 1. The number of rotatable bonds is 10. The van der Waals surface area contributed by atoms with Gasteiger partial charge in [0.25, 0.3) is 5.91 Å². The van der Waals surface area contributed by atoms with Crippen LogP contribution in [0.4, 0.5) is 0 Å². The van der Waals surface area contributed by atoms with Crippen molar-refractivity contribution in [2.45, 2.75) is 51.0 Å². The summed E-state index contributed by atoms with van der Waals surface area (Å²) in [5.41, 5.74) is 10.7. The fourth-order valence-corrected chi connectivity index (χ4v) is 4.02. The lowest BCUT2D eigenvalue weighted by atomic mass is 10.1. The van der Waals surface area contributed by atoms with Crippen molar-refractivity contribution in [2.75, 3.05) is 26.8 Å². The minimum atomic E-state index is -0.250. The van der Waals surface area contributed by atoms with E-state index in [1.807, 2.05) is 24.3 Å². The third kappa shape index (κ3) is 6.67. The van der Waals surface area contributed by atoms with Crippen LogP contribution in [0.3, 0.4) is 0 Å². The molecule has 1 aliphatic carbocycles. The number of ether oxygens (including phenoxy) is 2. The van der Waals surface area contributed by atoms with Crippen molar-refractivity contribution >= 4 is 23.7 Å². The Morgan fingerprint density at radius 1 is 1.26 bits per heavy atom. The minimum absolute atomic E-state index is 0.0819. The van der Waals surface area contributed by atoms with Crippen LogP contribution in [0.5, 0.6) is 0 Å². The number of benzene rings is 1. The van der Waals surface area contributed by atoms with Crippen molar-refractivity contribution in [1.29, 1.82) is 5.41 Å². The largest absolute Gasteiger partial charge is 0.383 e. The molecule has 0 spiro atoms. The molecule has 2 fully saturated rings. The lowest BCUT2D eigenvalue weighted by Gasteiger charge is -2.31. The number of hydrazine groups is 1. The van der Waals surface area contributed by atoms with E-state index < -0.39 is 0 Å². The number of carbonyl (C=O) groups excluding carboxylic acids is 1. The Kier molecular flexibility index (Phi) is 8.71. The summed E-state index contributed by atoms with van der Waals surface area (Å²) in [6.45, 7) is 2.98. The fourth-order valence-electron chi connectivity index (χ4n) is 3.93. The summed E-state index contributed by atoms with van der Waals surface area (Å²) in [6.07, 6.45) is 5.72. The first-order chi connectivity index (χ1) is 15.0. The Balaban J connectivity index is 1.57. The smallest absolute Gasteiger partial charge is 0.269 e. The van der Waals surface area contributed by atoms with Crippen LogP contribution in [0.1, 0.15) is 48.0 Å². The molecule has 1 aliphatic heterocycles. The van der Waals surface area contributed by atoms with Crippen LogP contribution < -0.4 is 11.2 Å². The molecule has 8 nitrogen and oxygen atoms in total. The first-order valence-electron chi connectivity index (χ1n) is 10.7. The lowest BCUT2D eigenvalue weighted by Crippen LogP contribution is -2.49. The summed E-state index contributed by atoms with van der Waals surface area (Å²) in [7, 11) is 2.05. The molecule has 170 valence electrons. The highest BCUT2D eigenvalue weighted by atomic mass is 35.5. The number of nitrogens with two attached hydrogens (primary N) is 1. The maximum absolute atomic E-state index is 12.8. The highest BCUT2D eigenvalue weighted by Crippen LogP contribution is 2.25. The quantitative estimate of drug-likeness (QED) is 0.375. The molecule has 2 aliphatic rings. The van der Waals surface area contributed by atoms with Crippen LogP contribution in [-0.4, -0.2) is 61.2 Å². The number of carbonyl (C=O) groups is 1. The van der Waals surface area contributed by atoms with Crippen molar-refractivity contribution in [2.24, 2.45) is 5.73 Å². The molecular formula is C22H32ClN5O3. The summed E-state index contributed by atoms with van der Waals surface area (Å²) in [5.74, 6) is -0.0508. The standard InChI is InChI=1S/C22H32ClN5O3/c1-27(11-10-20-30-12-13-31-20)15-16-6-8-17(9-7-16)22(29)26-28(18-4-2-3-5-18)21(25)19(23)14-24/h6-9,14,18,20,24H,2-5,10-13,15,25H2,1H3,(H,26,29)/b21-19-,24-14?. The molecule has 1 saturated heterocycles. The predicted molar refractivity (Wildman–Crippen MR) is 120 cm³/mol. The van der Waals surface area contributed by atoms with E-state index in [-0.39, 0.29) is 29.1 Å². The molecule has 1 heterocycles. The third-order valence-corrected chi connectivity index (χ3v) is 5.95. The van der Waals surface area contributed by atoms with E-state index in [0.717, 1.165) is 57.0 Å². The van der Waals surface area contributed by atoms with Gasteiger partial charge in [-0.25, -0.2) is 0 Å². The highest BCUT2D eigenvalue weighted by Gasteiger charge is 2.26. The Labute approximate surface area is 188 Å². The Bertz CT molecular complexity index is 774. The first-order valence-corrected chi connectivity index (χ1v) is 11.1. The predicted octanol–water partition coefficient (Wildman–Crippen LogP) is 2.79. The van der Waals surface area contributed by atoms with E-state index in [0.29, 0.717) is 18.8 Å². The van der Waals surface area contributed by atoms with Gasteiger partial charge in [-0.05, 0) is 37.6 Å². The summed E-state index contributed by atoms with van der Waals surface area (Å²) < 4.78 is 10.9. The normalized spacial score (nSPS) is 18.3. The van der Waals surface area contributed by atoms with Crippen LogP contribution in [-0.2, 0) is 16.0 Å². The van der Waals surface area contributed by atoms with Crippen LogP contribution in [0.2, 0.25) is 0 Å². The molecule has 1 amide bonds. The molecule has 31 heavy (non-hydrogen) atoms. The molecule has 9 heteroatoms. The van der Waals surface area contributed by atoms with Gasteiger partial charge in [-0.1, -0.05) is 36.6 Å². The Morgan fingerprint density at radius 3 is 2.52 bits per heavy atom. The highest BCUT2D eigenvalue weighted by molar-refractivity contribution is 6.39. The van der Waals surface area contributed by atoms with E-state index in [2.05, 4.69) is 17.4 Å². The summed E-state index contributed by atoms with van der Waals surface area (Å²) >= 11 is 6.05. The molecule has 4 N–H and O–H groups in total. The van der Waals surface area contributed by atoms with Gasteiger partial charge in [0.05, 0.1) is 24.3 Å². The lowest BCUT2D eigenvalue weighted by molar-refractivity contribution is -0.0508. The molecule has 0 atom stereocenters. The van der Waals surface area contributed by atoms with Crippen molar-refractivity contribution in [3.63, 3.8) is 0 Å². The van der Waals surface area contributed by atoms with Gasteiger partial charge in [0.2, 0.25) is 0 Å². The maximum Gasteiger partial charge on any atom is 0.269 e. The fraction of sp³-hybridized carbons (Fsp3) is 0.545. The average Bonchev–Trinajstić information content (AvgIpc) is 3.49. The number of halogens is 1. The molecule has 0 unspecified atom stereocenters. The van der Waals surface area contributed by atoms with Crippen molar-refractivity contribution in [1.82, 2.24) is 15.3 Å². The summed E-state index contributed by atoms with van der Waals surface area (Å²) in [6, 6.07) is 7.62. The van der Waals surface area contributed by atoms with E-state index in [9.17, 15) is 4.79 Å². The second-order valence-electron chi connectivity index (χ2n) is 8.02. The van der Waals surface area contributed by atoms with Gasteiger partial charge in [-0.3, -0.25) is 15.2 Å². The van der Waals surface area contributed by atoms with Gasteiger partial charge in [0.15, 0.2) is 6.29 Å². The van der Waals surface area contributed by atoms with Crippen molar-refractivity contribution in [3.8, 4) is 0 Å². The van der Waals surface area contributed by atoms with E-state index in [1.165, 1.54) is 0 Å². The molecule has 1 aromatic rings. The average molecular weight is 450 g/mol. The van der Waals surface area contributed by atoms with Crippen molar-refractivity contribution in [3.05, 3.63) is 46.2 Å². The van der Waals surface area contributed by atoms with Crippen molar-refractivity contribution < 1.29 is 14.3 Å². The third-order valence-electron chi connectivity index (χ3n) is 5.65. The van der Waals surface area contributed by atoms with Gasteiger partial charge in [0, 0.05) is 31.3 Å². The minimum Gasteiger partial charge on any atom is -0.383 e. The number of amides is 1. The summed E-state index contributed by atoms with van der Waals surface area (Å²) in [5, 5.41) is 9.09. The zero-order chi connectivity index (χ0) is 22.2. The number of nitrogens with zero attached hydrogens (tertiary/aromatic N) is 2. The Hall–Kier alpha value is -2.13. The van der Waals surface area contributed by atoms with E-state index in [4.69, 9.17) is 32.2 Å². The number of nitrogens with one attached hydrogen (secondary N) is 2. The van der Waals surface area contributed by atoms with Gasteiger partial charge in [-0.15, -0.1) is 0 Å². The second kappa shape index (κ2) is 11.5. The number of hydrogen-bond acceptors (Lipinski definition) is 7. The number of hydrogen-bond donors (Lipinski definition) is 3. The molecular weight excluding hydrogens is 418 g/mol. The van der Waals surface area contributed by atoms with Gasteiger partial charge in [0.1, 0.15) is 5.82 Å². The van der Waals surface area contributed by atoms with E-state index in [1.54, 1.807) is 5.01 Å². The van der Waals surface area contributed by atoms with Gasteiger partial charge < -0.3 is 25.5 Å². The molecule has 0 aromatic heterocycles. The zero-order valence-electron chi connectivity index (χ0n) is 18.0. The van der Waals surface area contributed by atoms with E-state index >= 15 is 0 Å². The van der Waals surface area contributed by atoms with Crippen LogP contribution in [0.15, 0.2) is 35.1 Å².